The predicted molar refractivity (Wildman–Crippen MR) is 293 cm³/mol. The third-order valence-corrected chi connectivity index (χ3v) is 17.3. The van der Waals surface area contributed by atoms with Crippen LogP contribution < -0.4 is 15.5 Å². The number of likely N-dealkylation sites (tertiary alicyclic amines) is 1. The smallest absolute Gasteiger partial charge is 0.246 e. The number of carbonyl (C=O) groups excluding carboxylic acids is 5. The molecule has 3 aromatic carbocycles. The van der Waals surface area contributed by atoms with Gasteiger partial charge in [0.25, 0.3) is 0 Å². The molecule has 4 aliphatic rings. The minimum Gasteiger partial charge on any atom is -0.391 e. The van der Waals surface area contributed by atoms with Gasteiger partial charge in [-0.15, -0.1) is 11.3 Å². The van der Waals surface area contributed by atoms with Gasteiger partial charge >= 0.3 is 0 Å². The number of thiazole rings is 1. The molecule has 1 unspecified atom stereocenters. The molecule has 9 rings (SSSR count). The molecule has 0 bridgehead atoms. The van der Waals surface area contributed by atoms with Gasteiger partial charge in [-0.3, -0.25) is 28.9 Å². The van der Waals surface area contributed by atoms with Gasteiger partial charge in [0.2, 0.25) is 23.6 Å². The van der Waals surface area contributed by atoms with Crippen molar-refractivity contribution in [2.45, 2.75) is 142 Å². The highest BCUT2D eigenvalue weighted by Gasteiger charge is 2.45. The lowest BCUT2D eigenvalue weighted by Crippen LogP contribution is -2.57. The summed E-state index contributed by atoms with van der Waals surface area (Å²) in [7, 11) is 0. The third kappa shape index (κ3) is 11.1. The average Bonchev–Trinajstić information content (AvgIpc) is 4.14. The van der Waals surface area contributed by atoms with Crippen LogP contribution >= 0.6 is 11.3 Å². The standard InChI is InChI=1S/C59H73N9O6S/c1-8-39-29-44-45(59(6,7)54-51(52(44)72)43-19-16-38(32-60)28-46(43)63-54)31-47(39)66-22-20-41(21-23-66)65-24-26-67(27-25-65)50(71)13-11-9-10-12-49(70)64-55(58(3,4)5)57(74)68-34-42(69)30-48(68)56(73)61-33-37-14-17-40(18-15-37)53-36(2)62-35-75-53/h14-19,28-29,31,35,41-42,48,55,63,69H,8-13,20-27,30,33-34H2,1-7H3,(H,61,73)(H,64,70)/t42-,48+,55?/m1/s1. The summed E-state index contributed by atoms with van der Waals surface area (Å²) >= 11 is 1.58. The largest absolute Gasteiger partial charge is 0.391 e. The van der Waals surface area contributed by atoms with Crippen molar-refractivity contribution in [1.82, 2.24) is 35.3 Å². The number of unbranched alkanes of at least 4 members (excludes halogenated alkanes) is 2. The maximum atomic E-state index is 14.2. The Bertz CT molecular complexity index is 3000. The lowest BCUT2D eigenvalue weighted by molar-refractivity contribution is -0.144. The maximum Gasteiger partial charge on any atom is 0.246 e. The Hall–Kier alpha value is -6.41. The maximum absolute atomic E-state index is 14.2. The number of piperazine rings is 1. The van der Waals surface area contributed by atoms with E-state index in [0.29, 0.717) is 55.9 Å². The number of amides is 4. The number of hydrogen-bond donors (Lipinski definition) is 4. The Morgan fingerprint density at radius 3 is 2.35 bits per heavy atom. The van der Waals surface area contributed by atoms with Gasteiger partial charge in [0.15, 0.2) is 5.78 Å². The van der Waals surface area contributed by atoms with Crippen LogP contribution in [0.15, 0.2) is 60.1 Å². The lowest BCUT2D eigenvalue weighted by atomic mass is 9.70. The van der Waals surface area contributed by atoms with Gasteiger partial charge in [0.1, 0.15) is 12.1 Å². The van der Waals surface area contributed by atoms with Gasteiger partial charge in [-0.1, -0.05) is 78.3 Å². The number of β-amino-alcohol motifs (C(OH)–C–C–N with tert-alkyl or cyclic N) is 1. The van der Waals surface area contributed by atoms with E-state index in [1.807, 2.05) is 74.5 Å². The molecule has 1 aliphatic carbocycles. The molecule has 3 atom stereocenters. The van der Waals surface area contributed by atoms with Crippen molar-refractivity contribution in [1.29, 1.82) is 5.26 Å². The number of aromatic amines is 1. The van der Waals surface area contributed by atoms with Crippen molar-refractivity contribution in [3.8, 4) is 16.5 Å². The Morgan fingerprint density at radius 2 is 1.68 bits per heavy atom. The molecule has 4 amide bonds. The highest BCUT2D eigenvalue weighted by atomic mass is 32.1. The molecule has 5 heterocycles. The highest BCUT2D eigenvalue weighted by Crippen LogP contribution is 2.46. The number of benzene rings is 3. The molecule has 75 heavy (non-hydrogen) atoms. The second-order valence-electron chi connectivity index (χ2n) is 22.7. The van der Waals surface area contributed by atoms with Crippen molar-refractivity contribution in [2.75, 3.05) is 50.7 Å². The number of nitrogens with one attached hydrogen (secondary N) is 3. The first-order valence-electron chi connectivity index (χ1n) is 27.0. The monoisotopic (exact) mass is 1040 g/mol. The van der Waals surface area contributed by atoms with E-state index in [4.69, 9.17) is 0 Å². The number of ketones is 1. The molecule has 0 spiro atoms. The second-order valence-corrected chi connectivity index (χ2v) is 23.6. The number of piperidine rings is 1. The zero-order valence-electron chi connectivity index (χ0n) is 44.7. The molecule has 3 fully saturated rings. The number of nitriles is 1. The van der Waals surface area contributed by atoms with Crippen LogP contribution in [0.3, 0.4) is 0 Å². The summed E-state index contributed by atoms with van der Waals surface area (Å²) in [5.41, 5.74) is 10.8. The fourth-order valence-corrected chi connectivity index (χ4v) is 12.7. The van der Waals surface area contributed by atoms with Crippen LogP contribution in [-0.4, -0.2) is 129 Å². The first-order valence-corrected chi connectivity index (χ1v) is 27.8. The number of anilines is 1. The van der Waals surface area contributed by atoms with Crippen molar-refractivity contribution < 1.29 is 29.1 Å². The van der Waals surface area contributed by atoms with Crippen LogP contribution in [0.25, 0.3) is 21.3 Å². The number of H-pyrrole nitrogens is 1. The van der Waals surface area contributed by atoms with E-state index in [9.17, 15) is 34.3 Å². The van der Waals surface area contributed by atoms with Crippen LogP contribution in [0, 0.1) is 23.7 Å². The summed E-state index contributed by atoms with van der Waals surface area (Å²) in [6.45, 7) is 19.3. The molecular weight excluding hydrogens is 963 g/mol. The summed E-state index contributed by atoms with van der Waals surface area (Å²) in [5.74, 6) is -0.822. The van der Waals surface area contributed by atoms with Crippen LogP contribution in [0.1, 0.15) is 142 Å². The zero-order valence-corrected chi connectivity index (χ0v) is 45.5. The number of rotatable bonds is 15. The molecule has 15 nitrogen and oxygen atoms in total. The summed E-state index contributed by atoms with van der Waals surface area (Å²) in [6, 6.07) is 18.7. The predicted octanol–water partition coefficient (Wildman–Crippen LogP) is 7.78. The minimum atomic E-state index is -0.900. The van der Waals surface area contributed by atoms with Gasteiger partial charge in [-0.25, -0.2) is 4.98 Å². The first-order chi connectivity index (χ1) is 35.9. The van der Waals surface area contributed by atoms with Gasteiger partial charge in [-0.2, -0.15) is 5.26 Å². The van der Waals surface area contributed by atoms with E-state index in [0.717, 1.165) is 94.9 Å². The van der Waals surface area contributed by atoms with E-state index < -0.39 is 34.9 Å². The van der Waals surface area contributed by atoms with Crippen molar-refractivity contribution in [3.63, 3.8) is 0 Å². The Morgan fingerprint density at radius 1 is 0.960 bits per heavy atom. The fraction of sp³-hybridized carbons (Fsp3) is 0.508. The quantitative estimate of drug-likeness (QED) is 0.0753. The van der Waals surface area contributed by atoms with Crippen LogP contribution in [0.5, 0.6) is 0 Å². The molecule has 396 valence electrons. The summed E-state index contributed by atoms with van der Waals surface area (Å²) < 4.78 is 0. The van der Waals surface area contributed by atoms with Crippen molar-refractivity contribution in [2.24, 2.45) is 5.41 Å². The molecule has 3 aliphatic heterocycles. The van der Waals surface area contributed by atoms with E-state index in [1.165, 1.54) is 16.2 Å². The number of fused-ring (bicyclic) bond motifs is 4. The van der Waals surface area contributed by atoms with Gasteiger partial charge in [0, 0.05) is 111 Å². The first kappa shape index (κ1) is 53.4. The molecule has 4 N–H and O–H groups in total. The molecule has 0 radical (unpaired) electrons. The topological polar surface area (TPSA) is 195 Å². The third-order valence-electron chi connectivity index (χ3n) is 16.3. The number of nitrogens with zero attached hydrogens (tertiary/aromatic N) is 6. The lowest BCUT2D eigenvalue weighted by Gasteiger charge is -2.44. The fourth-order valence-electron chi connectivity index (χ4n) is 11.9. The van der Waals surface area contributed by atoms with E-state index >= 15 is 0 Å². The second kappa shape index (κ2) is 22.0. The average molecular weight is 1040 g/mol. The molecular formula is C59H73N9O6S. The van der Waals surface area contributed by atoms with Gasteiger partial charge < -0.3 is 35.4 Å². The Labute approximate surface area is 445 Å². The van der Waals surface area contributed by atoms with Gasteiger partial charge in [-0.05, 0) is 91.0 Å². The highest BCUT2D eigenvalue weighted by molar-refractivity contribution is 7.13. The van der Waals surface area contributed by atoms with E-state index in [2.05, 4.69) is 69.4 Å². The zero-order chi connectivity index (χ0) is 53.3. The Kier molecular flexibility index (Phi) is 15.7. The number of aliphatic hydroxyl groups excluding tert-OH is 1. The SMILES string of the molecule is CCc1cc2c(cc1N1CCC(N3CCN(C(=O)CCCCCC(=O)NC(C(=O)N4C[C@H](O)C[C@H]4C(=O)NCc4ccc(-c5scnc5C)cc4)C(C)(C)C)CC3)CC1)C(C)(C)c1[nH]c3cc(C#N)ccc3c1C2=O. The molecule has 3 saturated heterocycles. The van der Waals surface area contributed by atoms with Gasteiger partial charge in [0.05, 0.1) is 39.4 Å². The van der Waals surface area contributed by atoms with Crippen LogP contribution in [-0.2, 0) is 37.6 Å². The van der Waals surface area contributed by atoms with Crippen molar-refractivity contribution >= 4 is 57.3 Å². The minimum absolute atomic E-state index is 0.00835. The molecule has 0 saturated carbocycles. The summed E-state index contributed by atoms with van der Waals surface area (Å²) in [5, 5.41) is 26.9. The number of hydrogen-bond acceptors (Lipinski definition) is 11. The number of carbonyl (C=O) groups is 5. The molecule has 16 heteroatoms. The number of aryl methyl sites for hydroxylation is 2. The van der Waals surface area contributed by atoms with E-state index in [1.54, 1.807) is 17.4 Å². The van der Waals surface area contributed by atoms with Crippen LogP contribution in [0.2, 0.25) is 0 Å². The Balaban J connectivity index is 0.701. The molecule has 2 aromatic heterocycles. The number of aliphatic hydroxyl groups is 1. The normalized spacial score (nSPS) is 19.4. The van der Waals surface area contributed by atoms with E-state index in [-0.39, 0.29) is 49.4 Å². The summed E-state index contributed by atoms with van der Waals surface area (Å²) in [6.07, 6.45) is 4.70. The number of aromatic nitrogens is 2. The molecule has 5 aromatic rings. The van der Waals surface area contributed by atoms with Crippen molar-refractivity contribution in [3.05, 3.63) is 105 Å². The van der Waals surface area contributed by atoms with Crippen LogP contribution in [0.4, 0.5) is 5.69 Å². The summed E-state index contributed by atoms with van der Waals surface area (Å²) in [4.78, 5) is 86.0.